The zero-order valence-corrected chi connectivity index (χ0v) is 8.42. The summed E-state index contributed by atoms with van der Waals surface area (Å²) in [6, 6.07) is 7.88. The molecule has 0 unspecified atom stereocenters. The van der Waals surface area contributed by atoms with Crippen LogP contribution in [-0.2, 0) is 6.42 Å². The van der Waals surface area contributed by atoms with E-state index in [1.807, 2.05) is 37.3 Å². The molecular formula is C13H14O. The predicted octanol–water partition coefficient (Wildman–Crippen LogP) is 3.01. The molecule has 0 fully saturated rings. The Morgan fingerprint density at radius 3 is 2.86 bits per heavy atom. The number of ketones is 1. The molecule has 0 saturated heterocycles. The van der Waals surface area contributed by atoms with Gasteiger partial charge in [0.25, 0.3) is 0 Å². The third kappa shape index (κ3) is 1.20. The van der Waals surface area contributed by atoms with E-state index in [0.29, 0.717) is 0 Å². The van der Waals surface area contributed by atoms with Gasteiger partial charge in [-0.2, -0.15) is 0 Å². The van der Waals surface area contributed by atoms with Crippen molar-refractivity contribution in [2.75, 3.05) is 0 Å². The number of hydrogen-bond acceptors (Lipinski definition) is 1. The Kier molecular flexibility index (Phi) is 2.03. The van der Waals surface area contributed by atoms with Crippen LogP contribution in [0.25, 0.3) is 0 Å². The molecule has 0 N–H and O–H groups in total. The van der Waals surface area contributed by atoms with Crippen LogP contribution in [-0.4, -0.2) is 5.78 Å². The molecule has 72 valence electrons. The first-order valence-corrected chi connectivity index (χ1v) is 4.91. The lowest BCUT2D eigenvalue weighted by atomic mass is 9.83. The minimum absolute atomic E-state index is 0.245. The van der Waals surface area contributed by atoms with Crippen LogP contribution in [0, 0.1) is 5.41 Å². The van der Waals surface area contributed by atoms with E-state index in [1.54, 1.807) is 0 Å². The molecular weight excluding hydrogens is 172 g/mol. The van der Waals surface area contributed by atoms with Crippen LogP contribution >= 0.6 is 0 Å². The van der Waals surface area contributed by atoms with E-state index in [0.717, 1.165) is 18.4 Å². The van der Waals surface area contributed by atoms with Gasteiger partial charge in [-0.3, -0.25) is 4.79 Å². The van der Waals surface area contributed by atoms with Crippen molar-refractivity contribution >= 4 is 5.78 Å². The van der Waals surface area contributed by atoms with Gasteiger partial charge >= 0.3 is 0 Å². The number of carbonyl (C=O) groups excluding carboxylic acids is 1. The maximum Gasteiger partial charge on any atom is 0.169 e. The molecule has 1 aliphatic rings. The molecule has 0 spiro atoms. The highest BCUT2D eigenvalue weighted by molar-refractivity contribution is 6.04. The van der Waals surface area contributed by atoms with E-state index in [4.69, 9.17) is 0 Å². The standard InChI is InChI=1S/C13H14O/c1-3-8-13(2)9-10-6-4-5-7-11(10)12(13)14/h3-7H,1,8-9H2,2H3/t13-/m1/s1. The molecule has 0 amide bonds. The van der Waals surface area contributed by atoms with E-state index in [2.05, 4.69) is 6.58 Å². The van der Waals surface area contributed by atoms with E-state index < -0.39 is 0 Å². The monoisotopic (exact) mass is 186 g/mol. The van der Waals surface area contributed by atoms with E-state index in [9.17, 15) is 4.79 Å². The molecule has 14 heavy (non-hydrogen) atoms. The van der Waals surface area contributed by atoms with Crippen molar-refractivity contribution < 1.29 is 4.79 Å². The lowest BCUT2D eigenvalue weighted by Gasteiger charge is -2.19. The zero-order valence-electron chi connectivity index (χ0n) is 8.42. The summed E-state index contributed by atoms with van der Waals surface area (Å²) in [7, 11) is 0. The van der Waals surface area contributed by atoms with Crippen molar-refractivity contribution in [1.29, 1.82) is 0 Å². The molecule has 1 atom stereocenters. The van der Waals surface area contributed by atoms with Crippen LogP contribution in [0.2, 0.25) is 0 Å². The van der Waals surface area contributed by atoms with Crippen molar-refractivity contribution in [2.45, 2.75) is 19.8 Å². The number of rotatable bonds is 2. The first-order valence-electron chi connectivity index (χ1n) is 4.91. The fraction of sp³-hybridized carbons (Fsp3) is 0.308. The van der Waals surface area contributed by atoms with Gasteiger partial charge in [-0.1, -0.05) is 37.3 Å². The third-order valence-corrected chi connectivity index (χ3v) is 2.99. The second-order valence-corrected chi connectivity index (χ2v) is 4.22. The first kappa shape index (κ1) is 9.20. The van der Waals surface area contributed by atoms with Crippen LogP contribution in [0.1, 0.15) is 29.3 Å². The fourth-order valence-corrected chi connectivity index (χ4v) is 2.21. The SMILES string of the molecule is C=CC[C@]1(C)Cc2ccccc2C1=O. The highest BCUT2D eigenvalue weighted by Gasteiger charge is 2.39. The first-order chi connectivity index (χ1) is 6.67. The summed E-state index contributed by atoms with van der Waals surface area (Å²) in [5, 5.41) is 0. The lowest BCUT2D eigenvalue weighted by Crippen LogP contribution is -2.22. The van der Waals surface area contributed by atoms with Crippen molar-refractivity contribution in [3.05, 3.63) is 48.0 Å². The second-order valence-electron chi connectivity index (χ2n) is 4.22. The second kappa shape index (κ2) is 3.09. The quantitative estimate of drug-likeness (QED) is 0.649. The molecule has 0 aliphatic heterocycles. The average Bonchev–Trinajstić information content (AvgIpc) is 2.41. The maximum atomic E-state index is 12.1. The average molecular weight is 186 g/mol. The Morgan fingerprint density at radius 2 is 2.21 bits per heavy atom. The number of benzene rings is 1. The molecule has 1 aromatic rings. The summed E-state index contributed by atoms with van der Waals surface area (Å²) in [5.41, 5.74) is 1.84. The molecule has 0 heterocycles. The predicted molar refractivity (Wildman–Crippen MR) is 57.4 cm³/mol. The fourth-order valence-electron chi connectivity index (χ4n) is 2.21. The minimum atomic E-state index is -0.245. The van der Waals surface area contributed by atoms with Gasteiger partial charge in [0.1, 0.15) is 0 Å². The number of hydrogen-bond donors (Lipinski definition) is 0. The summed E-state index contributed by atoms with van der Waals surface area (Å²) in [6.45, 7) is 5.74. The molecule has 2 rings (SSSR count). The zero-order chi connectivity index (χ0) is 10.2. The maximum absolute atomic E-state index is 12.1. The van der Waals surface area contributed by atoms with Gasteiger partial charge in [0, 0.05) is 11.0 Å². The highest BCUT2D eigenvalue weighted by Crippen LogP contribution is 2.39. The number of Topliss-reactive ketones (excluding diaryl/α,β-unsaturated/α-hetero) is 1. The molecule has 0 bridgehead atoms. The van der Waals surface area contributed by atoms with Crippen molar-refractivity contribution in [3.8, 4) is 0 Å². The van der Waals surface area contributed by atoms with Crippen LogP contribution in [0.15, 0.2) is 36.9 Å². The molecule has 1 aromatic carbocycles. The van der Waals surface area contributed by atoms with Crippen LogP contribution in [0.5, 0.6) is 0 Å². The van der Waals surface area contributed by atoms with Crippen LogP contribution in [0.4, 0.5) is 0 Å². The molecule has 1 nitrogen and oxygen atoms in total. The minimum Gasteiger partial charge on any atom is -0.294 e. The molecule has 0 saturated carbocycles. The lowest BCUT2D eigenvalue weighted by molar-refractivity contribution is 0.0845. The number of carbonyl (C=O) groups is 1. The van der Waals surface area contributed by atoms with Gasteiger partial charge in [-0.15, -0.1) is 6.58 Å². The Hall–Kier alpha value is -1.37. The molecule has 0 radical (unpaired) electrons. The Bertz CT molecular complexity index is 392. The summed E-state index contributed by atoms with van der Waals surface area (Å²) >= 11 is 0. The Balaban J connectivity index is 2.43. The van der Waals surface area contributed by atoms with Gasteiger partial charge in [-0.25, -0.2) is 0 Å². The van der Waals surface area contributed by atoms with E-state index >= 15 is 0 Å². The Morgan fingerprint density at radius 1 is 1.50 bits per heavy atom. The largest absolute Gasteiger partial charge is 0.294 e. The molecule has 0 aromatic heterocycles. The summed E-state index contributed by atoms with van der Waals surface area (Å²) in [4.78, 5) is 12.1. The number of allylic oxidation sites excluding steroid dienone is 1. The van der Waals surface area contributed by atoms with Gasteiger partial charge in [0.05, 0.1) is 0 Å². The number of fused-ring (bicyclic) bond motifs is 1. The molecule has 1 aliphatic carbocycles. The summed E-state index contributed by atoms with van der Waals surface area (Å²) < 4.78 is 0. The van der Waals surface area contributed by atoms with Crippen LogP contribution in [0.3, 0.4) is 0 Å². The van der Waals surface area contributed by atoms with Gasteiger partial charge in [0.15, 0.2) is 5.78 Å². The summed E-state index contributed by atoms with van der Waals surface area (Å²) in [6.07, 6.45) is 3.46. The third-order valence-electron chi connectivity index (χ3n) is 2.99. The topological polar surface area (TPSA) is 17.1 Å². The normalized spacial score (nSPS) is 24.8. The summed E-state index contributed by atoms with van der Waals surface area (Å²) in [5.74, 6) is 0.271. The Labute approximate surface area is 84.5 Å². The van der Waals surface area contributed by atoms with Crippen molar-refractivity contribution in [1.82, 2.24) is 0 Å². The van der Waals surface area contributed by atoms with Crippen LogP contribution < -0.4 is 0 Å². The van der Waals surface area contributed by atoms with Gasteiger partial charge in [-0.05, 0) is 18.4 Å². The van der Waals surface area contributed by atoms with E-state index in [1.165, 1.54) is 5.56 Å². The van der Waals surface area contributed by atoms with Crippen molar-refractivity contribution in [2.24, 2.45) is 5.41 Å². The van der Waals surface area contributed by atoms with Crippen molar-refractivity contribution in [3.63, 3.8) is 0 Å². The van der Waals surface area contributed by atoms with Gasteiger partial charge < -0.3 is 0 Å². The van der Waals surface area contributed by atoms with E-state index in [-0.39, 0.29) is 11.2 Å². The smallest absolute Gasteiger partial charge is 0.169 e. The van der Waals surface area contributed by atoms with Gasteiger partial charge in [0.2, 0.25) is 0 Å². The molecule has 1 heteroatoms. The highest BCUT2D eigenvalue weighted by atomic mass is 16.1.